The number of rotatable bonds is 6. The Labute approximate surface area is 241 Å². The largest absolute Gasteiger partial charge is 0.444 e. The summed E-state index contributed by atoms with van der Waals surface area (Å²) in [6.45, 7) is 8.48. The lowest BCUT2D eigenvalue weighted by Gasteiger charge is -2.33. The van der Waals surface area contributed by atoms with Gasteiger partial charge >= 0.3 is 6.09 Å². The second kappa shape index (κ2) is 11.4. The molecule has 9 nitrogen and oxygen atoms in total. The summed E-state index contributed by atoms with van der Waals surface area (Å²) in [4.78, 5) is 29.4. The molecule has 0 bridgehead atoms. The molecule has 2 aromatic carbocycles. The molecule has 1 aromatic heterocycles. The van der Waals surface area contributed by atoms with E-state index in [2.05, 4.69) is 0 Å². The first-order valence-electron chi connectivity index (χ1n) is 13.5. The molecular weight excluding hydrogens is 540 g/mol. The van der Waals surface area contributed by atoms with Crippen molar-refractivity contribution in [2.24, 2.45) is 0 Å². The third kappa shape index (κ3) is 6.46. The van der Waals surface area contributed by atoms with Crippen molar-refractivity contribution in [3.63, 3.8) is 0 Å². The number of fused-ring (bicyclic) bond motifs is 1. The minimum atomic E-state index is -4.17. The number of Topliss-reactive ketones (excluding diaryl/α,β-unsaturated/α-hetero) is 1. The highest BCUT2D eigenvalue weighted by molar-refractivity contribution is 7.90. The average Bonchev–Trinajstić information content (AvgIpc) is 3.30. The van der Waals surface area contributed by atoms with E-state index in [9.17, 15) is 23.3 Å². The Morgan fingerprint density at radius 1 is 1.05 bits per heavy atom. The summed E-state index contributed by atoms with van der Waals surface area (Å²) in [6, 6.07) is 15.4. The lowest BCUT2D eigenvalue weighted by molar-refractivity contribution is 0.0204. The third-order valence-electron chi connectivity index (χ3n) is 6.94. The highest BCUT2D eigenvalue weighted by atomic mass is 32.2. The van der Waals surface area contributed by atoms with Crippen molar-refractivity contribution in [1.82, 2.24) is 13.8 Å². The van der Waals surface area contributed by atoms with Crippen molar-refractivity contribution in [2.75, 3.05) is 27.2 Å². The molecule has 0 unspecified atom stereocenters. The van der Waals surface area contributed by atoms with Gasteiger partial charge in [0.15, 0.2) is 0 Å². The van der Waals surface area contributed by atoms with E-state index in [0.717, 1.165) is 27.9 Å². The molecule has 4 rings (SSSR count). The SMILES string of the molecule is Cc1ccc(S(=O)(=O)n2c(C(=O)/C(C#N)=C\N(C)C)cc3cc(C4CCN(C(=O)OC(C)(C)C)CC4)ccc32)cc1. The zero-order chi connectivity index (χ0) is 30.1. The molecule has 1 aliphatic rings. The molecule has 0 spiro atoms. The minimum Gasteiger partial charge on any atom is -0.444 e. The van der Waals surface area contributed by atoms with E-state index in [-0.39, 0.29) is 28.2 Å². The van der Waals surface area contributed by atoms with Gasteiger partial charge in [0.25, 0.3) is 10.0 Å². The number of carbonyl (C=O) groups excluding carboxylic acids is 2. The molecule has 41 heavy (non-hydrogen) atoms. The van der Waals surface area contributed by atoms with Crippen LogP contribution in [0, 0.1) is 18.3 Å². The zero-order valence-electron chi connectivity index (χ0n) is 24.3. The molecule has 0 atom stereocenters. The van der Waals surface area contributed by atoms with Crippen LogP contribution >= 0.6 is 0 Å². The summed E-state index contributed by atoms with van der Waals surface area (Å²) < 4.78 is 34.4. The standard InChI is InChI=1S/C31H36N4O5S/c1-21-7-10-26(11-8-21)41(38,39)35-27-12-9-23(22-13-15-34(16-14-22)30(37)40-31(2,3)4)17-24(27)18-28(35)29(36)25(19-32)20-33(5)6/h7-12,17-18,20,22H,13-16H2,1-6H3/b25-20-. The van der Waals surface area contributed by atoms with E-state index in [4.69, 9.17) is 4.74 Å². The predicted octanol–water partition coefficient (Wildman–Crippen LogP) is 5.45. The first-order valence-corrected chi connectivity index (χ1v) is 14.9. The molecule has 2 heterocycles. The Morgan fingerprint density at radius 2 is 1.68 bits per heavy atom. The van der Waals surface area contributed by atoms with Crippen molar-refractivity contribution in [3.8, 4) is 6.07 Å². The van der Waals surface area contributed by atoms with Gasteiger partial charge in [-0.05, 0) is 82.3 Å². The van der Waals surface area contributed by atoms with Crippen molar-refractivity contribution in [1.29, 1.82) is 5.26 Å². The molecule has 216 valence electrons. The van der Waals surface area contributed by atoms with E-state index in [1.807, 2.05) is 45.9 Å². The van der Waals surface area contributed by atoms with E-state index >= 15 is 0 Å². The van der Waals surface area contributed by atoms with Gasteiger partial charge in [-0.1, -0.05) is 23.8 Å². The van der Waals surface area contributed by atoms with Crippen molar-refractivity contribution >= 4 is 32.8 Å². The molecule has 1 amide bonds. The van der Waals surface area contributed by atoms with Crippen LogP contribution in [-0.4, -0.2) is 66.9 Å². The average molecular weight is 577 g/mol. The lowest BCUT2D eigenvalue weighted by Crippen LogP contribution is -2.41. The van der Waals surface area contributed by atoms with Gasteiger partial charge < -0.3 is 14.5 Å². The van der Waals surface area contributed by atoms with Crippen LogP contribution in [0.5, 0.6) is 0 Å². The third-order valence-corrected chi connectivity index (χ3v) is 8.69. The molecular formula is C31H36N4O5S. The number of ether oxygens (including phenoxy) is 1. The Kier molecular flexibility index (Phi) is 8.31. The number of carbonyl (C=O) groups is 2. The fourth-order valence-corrected chi connectivity index (χ4v) is 6.46. The fraction of sp³-hybridized carbons (Fsp3) is 0.387. The van der Waals surface area contributed by atoms with Gasteiger partial charge in [-0.15, -0.1) is 0 Å². The highest BCUT2D eigenvalue weighted by Gasteiger charge is 2.30. The topological polar surface area (TPSA) is 113 Å². The molecule has 0 N–H and O–H groups in total. The van der Waals surface area contributed by atoms with E-state index in [0.29, 0.717) is 24.0 Å². The number of nitrogens with zero attached hydrogens (tertiary/aromatic N) is 4. The monoisotopic (exact) mass is 576 g/mol. The number of ketones is 1. The first kappa shape index (κ1) is 29.9. The van der Waals surface area contributed by atoms with Gasteiger partial charge in [-0.3, -0.25) is 4.79 Å². The number of benzene rings is 2. The molecule has 0 radical (unpaired) electrons. The van der Waals surface area contributed by atoms with Crippen LogP contribution in [0.25, 0.3) is 10.9 Å². The van der Waals surface area contributed by atoms with Crippen LogP contribution in [-0.2, 0) is 14.8 Å². The number of hydrogen-bond donors (Lipinski definition) is 0. The lowest BCUT2D eigenvalue weighted by atomic mass is 9.89. The Hall–Kier alpha value is -4.10. The molecule has 1 fully saturated rings. The van der Waals surface area contributed by atoms with E-state index < -0.39 is 21.4 Å². The second-order valence-corrected chi connectivity index (χ2v) is 13.4. The number of aromatic nitrogens is 1. The molecule has 0 aliphatic carbocycles. The smallest absolute Gasteiger partial charge is 0.410 e. The number of hydrogen-bond acceptors (Lipinski definition) is 7. The molecule has 10 heteroatoms. The maximum Gasteiger partial charge on any atom is 0.410 e. The predicted molar refractivity (Wildman–Crippen MR) is 157 cm³/mol. The maximum atomic E-state index is 13.9. The molecule has 3 aromatic rings. The summed E-state index contributed by atoms with van der Waals surface area (Å²) in [6.07, 6.45) is 2.51. The van der Waals surface area contributed by atoms with Gasteiger partial charge in [-0.2, -0.15) is 5.26 Å². The van der Waals surface area contributed by atoms with Crippen molar-refractivity contribution in [2.45, 2.75) is 57.0 Å². The highest BCUT2D eigenvalue weighted by Crippen LogP contribution is 2.34. The van der Waals surface area contributed by atoms with Crippen molar-refractivity contribution in [3.05, 3.63) is 77.1 Å². The number of amides is 1. The number of aryl methyl sites for hydroxylation is 1. The van der Waals surface area contributed by atoms with Crippen LogP contribution in [0.1, 0.15) is 61.1 Å². The zero-order valence-corrected chi connectivity index (χ0v) is 25.2. The summed E-state index contributed by atoms with van der Waals surface area (Å²) in [5.41, 5.74) is 1.41. The van der Waals surface area contributed by atoms with Crippen LogP contribution in [0.3, 0.4) is 0 Å². The normalized spacial score (nSPS) is 15.0. The van der Waals surface area contributed by atoms with Gasteiger partial charge in [0, 0.05) is 38.8 Å². The van der Waals surface area contributed by atoms with Crippen molar-refractivity contribution < 1.29 is 22.7 Å². The molecule has 1 saturated heterocycles. The van der Waals surface area contributed by atoms with Gasteiger partial charge in [0.2, 0.25) is 5.78 Å². The Morgan fingerprint density at radius 3 is 2.24 bits per heavy atom. The van der Waals surface area contributed by atoms with Crippen LogP contribution in [0.2, 0.25) is 0 Å². The Bertz CT molecular complexity index is 1650. The quantitative estimate of drug-likeness (QED) is 0.218. The van der Waals surface area contributed by atoms with Gasteiger partial charge in [0.05, 0.1) is 10.4 Å². The van der Waals surface area contributed by atoms with Crippen LogP contribution in [0.15, 0.2) is 65.2 Å². The summed E-state index contributed by atoms with van der Waals surface area (Å²) in [5.74, 6) is -0.530. The van der Waals surface area contributed by atoms with Gasteiger partial charge in [0.1, 0.15) is 22.9 Å². The van der Waals surface area contributed by atoms with Gasteiger partial charge in [-0.25, -0.2) is 17.2 Å². The number of allylic oxidation sites excluding steroid dienone is 1. The Balaban J connectivity index is 1.75. The van der Waals surface area contributed by atoms with Crippen LogP contribution < -0.4 is 0 Å². The number of piperidine rings is 1. The van der Waals surface area contributed by atoms with E-state index in [1.54, 1.807) is 48.2 Å². The fourth-order valence-electron chi connectivity index (χ4n) is 4.95. The maximum absolute atomic E-state index is 13.9. The number of likely N-dealkylation sites (tertiary alicyclic amines) is 1. The molecule has 0 saturated carbocycles. The second-order valence-electron chi connectivity index (χ2n) is 11.6. The first-order chi connectivity index (χ1) is 19.2. The molecule has 1 aliphatic heterocycles. The summed E-state index contributed by atoms with van der Waals surface area (Å²) >= 11 is 0. The van der Waals surface area contributed by atoms with Crippen LogP contribution in [0.4, 0.5) is 4.79 Å². The summed E-state index contributed by atoms with van der Waals surface area (Å²) in [5, 5.41) is 10.3. The number of nitriles is 1. The minimum absolute atomic E-state index is 0.0448. The summed E-state index contributed by atoms with van der Waals surface area (Å²) in [7, 11) is -0.799. The van der Waals surface area contributed by atoms with E-state index in [1.165, 1.54) is 18.3 Å².